The number of sulfonamides is 1. The summed E-state index contributed by atoms with van der Waals surface area (Å²) in [4.78, 5) is 0.293. The number of nitrogens with two attached hydrogens (primary N) is 1. The first-order chi connectivity index (χ1) is 10.6. The fraction of sp³-hybridized carbons (Fsp3) is 0.375. The van der Waals surface area contributed by atoms with Crippen LogP contribution in [0.5, 0.6) is 0 Å². The summed E-state index contributed by atoms with van der Waals surface area (Å²) in [6.07, 6.45) is 2.15. The molecule has 4 N–H and O–H groups in total. The number of nitrogen functional groups attached to an aromatic ring is 1. The molecular weight excluding hydrogens is 369 g/mol. The first kappa shape index (κ1) is 21.0. The van der Waals surface area contributed by atoms with Crippen LogP contribution in [-0.2, 0) is 10.0 Å². The zero-order valence-corrected chi connectivity index (χ0v) is 15.6. The highest BCUT2D eigenvalue weighted by Crippen LogP contribution is 2.27. The smallest absolute Gasteiger partial charge is 0.241 e. The van der Waals surface area contributed by atoms with E-state index >= 15 is 0 Å². The fourth-order valence-corrected chi connectivity index (χ4v) is 4.28. The molecule has 134 valence electrons. The van der Waals surface area contributed by atoms with Gasteiger partial charge in [0.15, 0.2) is 0 Å². The van der Waals surface area contributed by atoms with Gasteiger partial charge in [0.1, 0.15) is 0 Å². The van der Waals surface area contributed by atoms with E-state index in [9.17, 15) is 8.42 Å². The van der Waals surface area contributed by atoms with Gasteiger partial charge in [0.25, 0.3) is 0 Å². The van der Waals surface area contributed by atoms with Gasteiger partial charge in [-0.05, 0) is 44.0 Å². The van der Waals surface area contributed by atoms with Gasteiger partial charge in [0, 0.05) is 23.0 Å². The van der Waals surface area contributed by atoms with Crippen molar-refractivity contribution in [3.8, 4) is 0 Å². The van der Waals surface area contributed by atoms with Gasteiger partial charge in [-0.25, -0.2) is 13.1 Å². The van der Waals surface area contributed by atoms with Crippen LogP contribution >= 0.6 is 24.8 Å². The average Bonchev–Trinajstić information content (AvgIpc) is 2.54. The third-order valence-electron chi connectivity index (χ3n) is 4.17. The Morgan fingerprint density at radius 3 is 2.54 bits per heavy atom. The number of nitrogens with one attached hydrogen (secondary N) is 2. The molecule has 0 aliphatic carbocycles. The van der Waals surface area contributed by atoms with Crippen molar-refractivity contribution in [2.45, 2.75) is 17.7 Å². The normalized spacial score (nSPS) is 17.8. The monoisotopic (exact) mass is 391 g/mol. The Morgan fingerprint density at radius 1 is 1.12 bits per heavy atom. The quantitative estimate of drug-likeness (QED) is 0.699. The summed E-state index contributed by atoms with van der Waals surface area (Å²) in [6, 6.07) is 10.6. The summed E-state index contributed by atoms with van der Waals surface area (Å²) in [5, 5.41) is 4.73. The Bertz CT molecular complexity index is 778. The zero-order valence-electron chi connectivity index (χ0n) is 13.2. The molecule has 0 bridgehead atoms. The number of rotatable bonds is 4. The van der Waals surface area contributed by atoms with Crippen LogP contribution in [0.15, 0.2) is 41.3 Å². The number of piperidine rings is 1. The summed E-state index contributed by atoms with van der Waals surface area (Å²) < 4.78 is 28.0. The van der Waals surface area contributed by atoms with E-state index < -0.39 is 10.0 Å². The highest BCUT2D eigenvalue weighted by Gasteiger charge is 2.20. The van der Waals surface area contributed by atoms with Gasteiger partial charge in [-0.3, -0.25) is 0 Å². The van der Waals surface area contributed by atoms with Crippen molar-refractivity contribution in [2.75, 3.05) is 25.4 Å². The molecule has 1 fully saturated rings. The van der Waals surface area contributed by atoms with Gasteiger partial charge in [-0.2, -0.15) is 0 Å². The zero-order chi connectivity index (χ0) is 15.6. The SMILES string of the molecule is Cl.Cl.Nc1cccc2c(S(=O)(=O)NCC3CCCNC3)cccc12. The third kappa shape index (κ3) is 4.52. The fourth-order valence-electron chi connectivity index (χ4n) is 2.94. The Kier molecular flexibility index (Phi) is 7.76. The van der Waals surface area contributed by atoms with Crippen LogP contribution in [0.25, 0.3) is 10.8 Å². The van der Waals surface area contributed by atoms with Crippen LogP contribution in [0.3, 0.4) is 0 Å². The van der Waals surface area contributed by atoms with Gasteiger partial charge < -0.3 is 11.1 Å². The summed E-state index contributed by atoms with van der Waals surface area (Å²) in [5.74, 6) is 0.351. The highest BCUT2D eigenvalue weighted by molar-refractivity contribution is 7.89. The maximum atomic E-state index is 12.6. The van der Waals surface area contributed by atoms with E-state index in [1.807, 2.05) is 6.07 Å². The highest BCUT2D eigenvalue weighted by atomic mass is 35.5. The average molecular weight is 392 g/mol. The molecule has 1 unspecified atom stereocenters. The number of benzene rings is 2. The van der Waals surface area contributed by atoms with Gasteiger partial charge >= 0.3 is 0 Å². The van der Waals surface area contributed by atoms with Crippen LogP contribution in [0.2, 0.25) is 0 Å². The molecular formula is C16H23Cl2N3O2S. The third-order valence-corrected chi connectivity index (χ3v) is 5.65. The lowest BCUT2D eigenvalue weighted by atomic mass is 10.0. The summed E-state index contributed by atoms with van der Waals surface area (Å²) in [6.45, 7) is 2.35. The molecule has 5 nitrogen and oxygen atoms in total. The minimum atomic E-state index is -3.54. The molecule has 1 saturated heterocycles. The topological polar surface area (TPSA) is 84.2 Å². The minimum absolute atomic E-state index is 0. The van der Waals surface area contributed by atoms with E-state index in [2.05, 4.69) is 10.0 Å². The van der Waals surface area contributed by atoms with E-state index in [1.54, 1.807) is 30.3 Å². The van der Waals surface area contributed by atoms with Gasteiger partial charge in [-0.1, -0.05) is 24.3 Å². The number of anilines is 1. The first-order valence-corrected chi connectivity index (χ1v) is 9.04. The second-order valence-corrected chi connectivity index (χ2v) is 7.50. The maximum absolute atomic E-state index is 12.6. The van der Waals surface area contributed by atoms with Gasteiger partial charge in [-0.15, -0.1) is 24.8 Å². The number of fused-ring (bicyclic) bond motifs is 1. The van der Waals surface area contributed by atoms with Crippen LogP contribution < -0.4 is 15.8 Å². The molecule has 0 radical (unpaired) electrons. The molecule has 3 rings (SSSR count). The van der Waals surface area contributed by atoms with Crippen molar-refractivity contribution in [1.82, 2.24) is 10.0 Å². The van der Waals surface area contributed by atoms with Crippen molar-refractivity contribution < 1.29 is 8.42 Å². The van der Waals surface area contributed by atoms with E-state index in [-0.39, 0.29) is 24.8 Å². The van der Waals surface area contributed by atoms with Crippen LogP contribution in [-0.4, -0.2) is 28.1 Å². The van der Waals surface area contributed by atoms with E-state index in [4.69, 9.17) is 5.73 Å². The van der Waals surface area contributed by atoms with Gasteiger partial charge in [0.05, 0.1) is 4.90 Å². The van der Waals surface area contributed by atoms with E-state index in [0.29, 0.717) is 28.4 Å². The van der Waals surface area contributed by atoms with Crippen LogP contribution in [0.4, 0.5) is 5.69 Å². The Balaban J connectivity index is 0.00000144. The number of hydrogen-bond donors (Lipinski definition) is 3. The Morgan fingerprint density at radius 2 is 1.83 bits per heavy atom. The molecule has 0 saturated carbocycles. The number of hydrogen-bond acceptors (Lipinski definition) is 4. The standard InChI is InChI=1S/C16H21N3O2S.2ClH/c17-15-7-1-6-14-13(15)5-2-8-16(14)22(20,21)19-11-12-4-3-9-18-10-12;;/h1-2,5-8,12,18-19H,3-4,9-11,17H2;2*1H. The van der Waals surface area contributed by atoms with Crippen molar-refractivity contribution in [2.24, 2.45) is 5.92 Å². The van der Waals surface area contributed by atoms with Crippen LogP contribution in [0, 0.1) is 5.92 Å². The molecule has 1 aliphatic rings. The molecule has 0 aromatic heterocycles. The van der Waals surface area contributed by atoms with Crippen molar-refractivity contribution >= 4 is 51.3 Å². The van der Waals surface area contributed by atoms with Crippen LogP contribution in [0.1, 0.15) is 12.8 Å². The number of halogens is 2. The van der Waals surface area contributed by atoms with Crippen molar-refractivity contribution in [3.05, 3.63) is 36.4 Å². The molecule has 0 spiro atoms. The second kappa shape index (κ2) is 8.87. The lowest BCUT2D eigenvalue weighted by Gasteiger charge is -2.23. The summed E-state index contributed by atoms with van der Waals surface area (Å²) in [5.41, 5.74) is 6.52. The minimum Gasteiger partial charge on any atom is -0.398 e. The Labute approximate surface area is 155 Å². The predicted molar refractivity (Wildman–Crippen MR) is 104 cm³/mol. The molecule has 2 aromatic carbocycles. The van der Waals surface area contributed by atoms with Crippen molar-refractivity contribution in [3.63, 3.8) is 0 Å². The first-order valence-electron chi connectivity index (χ1n) is 7.55. The lowest BCUT2D eigenvalue weighted by Crippen LogP contribution is -2.38. The summed E-state index contributed by atoms with van der Waals surface area (Å²) >= 11 is 0. The van der Waals surface area contributed by atoms with Crippen molar-refractivity contribution in [1.29, 1.82) is 0 Å². The van der Waals surface area contributed by atoms with E-state index in [0.717, 1.165) is 31.3 Å². The molecule has 1 heterocycles. The molecule has 0 amide bonds. The predicted octanol–water partition coefficient (Wildman–Crippen LogP) is 2.54. The summed E-state index contributed by atoms with van der Waals surface area (Å²) in [7, 11) is -3.54. The van der Waals surface area contributed by atoms with Gasteiger partial charge in [0.2, 0.25) is 10.0 Å². The maximum Gasteiger partial charge on any atom is 0.241 e. The van der Waals surface area contributed by atoms with E-state index in [1.165, 1.54) is 0 Å². The molecule has 1 atom stereocenters. The molecule has 2 aromatic rings. The lowest BCUT2D eigenvalue weighted by molar-refractivity contribution is 0.376. The largest absolute Gasteiger partial charge is 0.398 e. The molecule has 8 heteroatoms. The molecule has 1 aliphatic heterocycles. The molecule has 24 heavy (non-hydrogen) atoms. The Hall–Kier alpha value is -1.05. The second-order valence-electron chi connectivity index (χ2n) is 5.76.